The van der Waals surface area contributed by atoms with Crippen LogP contribution < -0.4 is 0 Å². The Bertz CT molecular complexity index is 3410. The first-order valence-corrected chi connectivity index (χ1v) is 17.9. The lowest BCUT2D eigenvalue weighted by Crippen LogP contribution is -2.00. The summed E-state index contributed by atoms with van der Waals surface area (Å²) in [4.78, 5) is 0. The van der Waals surface area contributed by atoms with E-state index in [4.69, 9.17) is 0 Å². The van der Waals surface area contributed by atoms with Crippen LogP contribution in [0.5, 0.6) is 0 Å². The van der Waals surface area contributed by atoms with Crippen LogP contribution in [0.3, 0.4) is 0 Å². The molecule has 0 spiro atoms. The number of fused-ring (bicyclic) bond motifs is 12. The van der Waals surface area contributed by atoms with Crippen molar-refractivity contribution < 1.29 is 0 Å². The van der Waals surface area contributed by atoms with Crippen LogP contribution in [0.25, 0.3) is 98.9 Å². The maximum Gasteiger partial charge on any atom is 0.0783 e. The first-order chi connectivity index (χ1) is 25.8. The van der Waals surface area contributed by atoms with Gasteiger partial charge in [0.2, 0.25) is 0 Å². The monoisotopic (exact) mass is 662 g/mol. The van der Waals surface area contributed by atoms with Crippen molar-refractivity contribution in [3.05, 3.63) is 182 Å². The number of hydrogen-bond acceptors (Lipinski definition) is 0. The smallest absolute Gasteiger partial charge is 0.0783 e. The first kappa shape index (κ1) is 27.7. The molecule has 0 fully saturated rings. The largest absolute Gasteiger partial charge is 0.309 e. The van der Waals surface area contributed by atoms with Crippen LogP contribution in [-0.2, 0) is 0 Å². The van der Waals surface area contributed by atoms with E-state index in [9.17, 15) is 0 Å². The minimum absolute atomic E-state index is 1.10. The topological polar surface area (TPSA) is 18.7 Å². The third-order valence-electron chi connectivity index (χ3n) is 11.1. The molecule has 242 valence electrons. The van der Waals surface area contributed by atoms with Gasteiger partial charge in [-0.15, -0.1) is 0 Å². The molecular formula is C48H30N4. The zero-order valence-corrected chi connectivity index (χ0v) is 28.1. The molecule has 0 aliphatic carbocycles. The minimum Gasteiger partial charge on any atom is -0.309 e. The fourth-order valence-corrected chi connectivity index (χ4v) is 9.06. The standard InChI is InChI=1S/C48H30N4/c1-5-19-39-33(13-1)34-14-2-6-20-40(34)49(39)31-27-29-32(30-28-31)50-43-23-9-10-24-44(43)51-41-21-7-3-15-35(41)38-18-12-26-46(48(38)51)52-42-22-8-4-16-36(42)37-17-11-25-45(50)47(37)52/h1-30H. The predicted octanol–water partition coefficient (Wildman–Crippen LogP) is 12.4. The molecule has 12 rings (SSSR count). The van der Waals surface area contributed by atoms with E-state index < -0.39 is 0 Å². The van der Waals surface area contributed by atoms with E-state index in [1.54, 1.807) is 0 Å². The third-order valence-corrected chi connectivity index (χ3v) is 11.1. The van der Waals surface area contributed by atoms with Gasteiger partial charge in [-0.25, -0.2) is 0 Å². The van der Waals surface area contributed by atoms with Crippen LogP contribution in [0.1, 0.15) is 0 Å². The van der Waals surface area contributed by atoms with Gasteiger partial charge in [0.15, 0.2) is 0 Å². The molecule has 0 saturated carbocycles. The lowest BCUT2D eigenvalue weighted by Gasteiger charge is -2.15. The van der Waals surface area contributed by atoms with E-state index in [0.29, 0.717) is 0 Å². The second kappa shape index (κ2) is 10.3. The van der Waals surface area contributed by atoms with Crippen molar-refractivity contribution in [2.75, 3.05) is 0 Å². The first-order valence-electron chi connectivity index (χ1n) is 17.9. The molecule has 0 aliphatic heterocycles. The second-order valence-corrected chi connectivity index (χ2v) is 13.8. The fraction of sp³-hybridized carbons (Fsp3) is 0. The molecular weight excluding hydrogens is 633 g/mol. The molecule has 52 heavy (non-hydrogen) atoms. The molecule has 0 unspecified atom stereocenters. The lowest BCUT2D eigenvalue weighted by molar-refractivity contribution is 1.13. The Hall–Kier alpha value is -7.04. The third kappa shape index (κ3) is 3.55. The van der Waals surface area contributed by atoms with Crippen LogP contribution in [0.15, 0.2) is 182 Å². The van der Waals surface area contributed by atoms with Crippen molar-refractivity contribution >= 4 is 87.5 Å². The van der Waals surface area contributed by atoms with Crippen molar-refractivity contribution in [1.29, 1.82) is 0 Å². The lowest BCUT2D eigenvalue weighted by atomic mass is 10.1. The van der Waals surface area contributed by atoms with Crippen LogP contribution in [0.4, 0.5) is 0 Å². The van der Waals surface area contributed by atoms with E-state index in [1.165, 1.54) is 70.9 Å². The quantitative estimate of drug-likeness (QED) is 0.175. The highest BCUT2D eigenvalue weighted by molar-refractivity contribution is 6.19. The molecule has 0 N–H and O–H groups in total. The summed E-state index contributed by atoms with van der Waals surface area (Å²) < 4.78 is 9.85. The number of benzene rings is 8. The van der Waals surface area contributed by atoms with Crippen LogP contribution in [-0.4, -0.2) is 17.9 Å². The van der Waals surface area contributed by atoms with Crippen LogP contribution in [0, 0.1) is 0 Å². The highest BCUT2D eigenvalue weighted by Crippen LogP contribution is 2.39. The van der Waals surface area contributed by atoms with Gasteiger partial charge in [-0.05, 0) is 72.8 Å². The Morgan fingerprint density at radius 3 is 1.08 bits per heavy atom. The summed E-state index contributed by atoms with van der Waals surface area (Å²) >= 11 is 0. The molecule has 8 aromatic carbocycles. The summed E-state index contributed by atoms with van der Waals surface area (Å²) in [6, 6.07) is 66.6. The van der Waals surface area contributed by atoms with Crippen molar-refractivity contribution in [1.82, 2.24) is 17.9 Å². The minimum atomic E-state index is 1.10. The van der Waals surface area contributed by atoms with Gasteiger partial charge in [0.1, 0.15) is 0 Å². The summed E-state index contributed by atoms with van der Waals surface area (Å²) in [7, 11) is 0. The molecule has 0 bridgehead atoms. The predicted molar refractivity (Wildman–Crippen MR) is 218 cm³/mol. The summed E-state index contributed by atoms with van der Waals surface area (Å²) in [5, 5.41) is 7.50. The van der Waals surface area contributed by atoms with Crippen LogP contribution in [0.2, 0.25) is 0 Å². The molecule has 0 aliphatic rings. The van der Waals surface area contributed by atoms with E-state index in [-0.39, 0.29) is 0 Å². The van der Waals surface area contributed by atoms with Gasteiger partial charge in [0.05, 0.1) is 55.2 Å². The van der Waals surface area contributed by atoms with Crippen molar-refractivity contribution in [3.8, 4) is 11.4 Å². The second-order valence-electron chi connectivity index (χ2n) is 13.8. The Morgan fingerprint density at radius 2 is 0.538 bits per heavy atom. The number of para-hydroxylation sites is 8. The zero-order chi connectivity index (χ0) is 33.9. The van der Waals surface area contributed by atoms with Gasteiger partial charge in [-0.3, -0.25) is 0 Å². The number of aromatic nitrogens is 4. The molecule has 0 radical (unpaired) electrons. The summed E-state index contributed by atoms with van der Waals surface area (Å²) in [6.45, 7) is 0. The highest BCUT2D eigenvalue weighted by Gasteiger charge is 2.19. The maximum absolute atomic E-state index is 2.50. The van der Waals surface area contributed by atoms with E-state index in [2.05, 4.69) is 200 Å². The van der Waals surface area contributed by atoms with Gasteiger partial charge in [-0.2, -0.15) is 0 Å². The van der Waals surface area contributed by atoms with Crippen molar-refractivity contribution in [2.45, 2.75) is 0 Å². The molecule has 0 atom stereocenters. The van der Waals surface area contributed by atoms with E-state index >= 15 is 0 Å². The molecule has 4 heteroatoms. The zero-order valence-electron chi connectivity index (χ0n) is 28.1. The maximum atomic E-state index is 2.50. The van der Waals surface area contributed by atoms with Crippen molar-refractivity contribution in [3.63, 3.8) is 0 Å². The number of rotatable bonds is 2. The fourth-order valence-electron chi connectivity index (χ4n) is 9.06. The molecule has 4 heterocycles. The van der Waals surface area contributed by atoms with Gasteiger partial charge < -0.3 is 17.9 Å². The SMILES string of the molecule is c1ccc2c(c1)c1ccccc1n2-c1ccc(-n2c3ccccc3n3c4ccccc4c4cccc(c43)n3c4ccccc4c4cccc2c43)cc1. The van der Waals surface area contributed by atoms with Gasteiger partial charge in [-0.1, -0.05) is 109 Å². The summed E-state index contributed by atoms with van der Waals surface area (Å²) in [5.41, 5.74) is 14.0. The van der Waals surface area contributed by atoms with E-state index in [1.807, 2.05) is 0 Å². The van der Waals surface area contributed by atoms with Crippen LogP contribution >= 0.6 is 0 Å². The van der Waals surface area contributed by atoms with Gasteiger partial charge >= 0.3 is 0 Å². The Balaban J connectivity index is 1.30. The Kier molecular flexibility index (Phi) is 5.47. The van der Waals surface area contributed by atoms with Crippen molar-refractivity contribution in [2.24, 2.45) is 0 Å². The average Bonchev–Trinajstić information content (AvgIpc) is 3.86. The van der Waals surface area contributed by atoms with Gasteiger partial charge in [0, 0.05) is 43.7 Å². The van der Waals surface area contributed by atoms with Gasteiger partial charge in [0.25, 0.3) is 0 Å². The van der Waals surface area contributed by atoms with E-state index in [0.717, 1.165) is 27.9 Å². The molecule has 0 amide bonds. The number of hydrogen-bond donors (Lipinski definition) is 0. The normalized spacial score (nSPS) is 12.2. The molecule has 4 nitrogen and oxygen atoms in total. The summed E-state index contributed by atoms with van der Waals surface area (Å²) in [6.07, 6.45) is 0. The molecule has 4 aromatic heterocycles. The summed E-state index contributed by atoms with van der Waals surface area (Å²) in [5.74, 6) is 0. The Labute approximate surface area is 297 Å². The number of nitrogens with zero attached hydrogens (tertiary/aromatic N) is 4. The molecule has 12 aromatic rings. The molecule has 0 saturated heterocycles. The average molecular weight is 663 g/mol. The highest BCUT2D eigenvalue weighted by atomic mass is 15.0. The Morgan fingerprint density at radius 1 is 0.212 bits per heavy atom.